The van der Waals surface area contributed by atoms with Crippen molar-refractivity contribution >= 4 is 31.6 Å². The van der Waals surface area contributed by atoms with Gasteiger partial charge in [-0.25, -0.2) is 21.1 Å². The monoisotopic (exact) mass is 463 g/mol. The van der Waals surface area contributed by atoms with Gasteiger partial charge in [0, 0.05) is 39.1 Å². The zero-order chi connectivity index (χ0) is 22.2. The number of piperazine rings is 1. The molecule has 0 spiro atoms. The minimum Gasteiger partial charge on any atom is -0.296 e. The number of hydrogen-bond acceptors (Lipinski definition) is 6. The van der Waals surface area contributed by atoms with E-state index in [2.05, 4.69) is 4.90 Å². The van der Waals surface area contributed by atoms with Crippen LogP contribution < -0.4 is 4.31 Å². The standard InChI is InChI=1S/C21H25N3O5S2/c1-17-7-8-19(24-21(25)9-14-30(24,26)27)15-20(17)31(28,29)23-12-10-22(11-13-23)16-18-5-3-2-4-6-18/h2-8,15H,9-14,16H2,1H3. The molecule has 2 aromatic rings. The maximum Gasteiger partial charge on any atom is 0.243 e. The predicted molar refractivity (Wildman–Crippen MR) is 118 cm³/mol. The van der Waals surface area contributed by atoms with E-state index in [9.17, 15) is 21.6 Å². The van der Waals surface area contributed by atoms with E-state index in [1.165, 1.54) is 22.0 Å². The number of anilines is 1. The van der Waals surface area contributed by atoms with Crippen molar-refractivity contribution in [1.82, 2.24) is 9.21 Å². The van der Waals surface area contributed by atoms with Crippen LogP contribution in [-0.2, 0) is 31.4 Å². The minimum atomic E-state index is -3.82. The average molecular weight is 464 g/mol. The van der Waals surface area contributed by atoms with E-state index in [4.69, 9.17) is 0 Å². The molecule has 0 saturated carbocycles. The largest absolute Gasteiger partial charge is 0.296 e. The van der Waals surface area contributed by atoms with Gasteiger partial charge in [0.2, 0.25) is 26.0 Å². The smallest absolute Gasteiger partial charge is 0.243 e. The second kappa shape index (κ2) is 8.34. The van der Waals surface area contributed by atoms with Crippen LogP contribution in [0.4, 0.5) is 5.69 Å². The lowest BCUT2D eigenvalue weighted by Gasteiger charge is -2.34. The third kappa shape index (κ3) is 4.38. The van der Waals surface area contributed by atoms with Gasteiger partial charge in [-0.2, -0.15) is 4.31 Å². The molecule has 31 heavy (non-hydrogen) atoms. The Morgan fingerprint density at radius 1 is 0.968 bits per heavy atom. The van der Waals surface area contributed by atoms with E-state index in [0.29, 0.717) is 31.7 Å². The summed E-state index contributed by atoms with van der Waals surface area (Å²) in [5.41, 5.74) is 1.77. The van der Waals surface area contributed by atoms with Crippen LogP contribution in [0.25, 0.3) is 0 Å². The molecule has 0 radical (unpaired) electrons. The number of benzene rings is 2. The van der Waals surface area contributed by atoms with Gasteiger partial charge < -0.3 is 0 Å². The van der Waals surface area contributed by atoms with Crippen LogP contribution in [0.3, 0.4) is 0 Å². The third-order valence-corrected chi connectivity index (χ3v) is 9.41. The summed E-state index contributed by atoms with van der Waals surface area (Å²) in [6.45, 7) is 4.33. The van der Waals surface area contributed by atoms with Crippen LogP contribution in [0, 0.1) is 6.92 Å². The van der Waals surface area contributed by atoms with Crippen molar-refractivity contribution < 1.29 is 21.6 Å². The molecule has 2 heterocycles. The quantitative estimate of drug-likeness (QED) is 0.668. The van der Waals surface area contributed by atoms with Gasteiger partial charge in [-0.3, -0.25) is 9.69 Å². The highest BCUT2D eigenvalue weighted by atomic mass is 32.2. The Labute approximate surface area is 183 Å². The molecule has 10 heteroatoms. The maximum absolute atomic E-state index is 13.3. The van der Waals surface area contributed by atoms with Crippen LogP contribution in [0.15, 0.2) is 53.4 Å². The van der Waals surface area contributed by atoms with Gasteiger partial charge in [0.05, 0.1) is 16.3 Å². The SMILES string of the molecule is Cc1ccc(N2C(=O)CCS2(=O)=O)cc1S(=O)(=O)N1CCN(Cc2ccccc2)CC1. The number of aryl methyl sites for hydroxylation is 1. The number of hydrogen-bond donors (Lipinski definition) is 0. The molecule has 0 atom stereocenters. The Bertz CT molecular complexity index is 1190. The van der Waals surface area contributed by atoms with Crippen LogP contribution in [0.2, 0.25) is 0 Å². The Kier molecular flexibility index (Phi) is 5.91. The van der Waals surface area contributed by atoms with E-state index in [1.807, 2.05) is 30.3 Å². The Hall–Kier alpha value is -2.27. The van der Waals surface area contributed by atoms with Crippen LogP contribution in [-0.4, -0.2) is 63.9 Å². The van der Waals surface area contributed by atoms with Crippen LogP contribution in [0.1, 0.15) is 17.5 Å². The van der Waals surface area contributed by atoms with Crippen molar-refractivity contribution in [3.63, 3.8) is 0 Å². The van der Waals surface area contributed by atoms with Gasteiger partial charge in [-0.1, -0.05) is 36.4 Å². The maximum atomic E-state index is 13.3. The van der Waals surface area contributed by atoms with Crippen molar-refractivity contribution in [1.29, 1.82) is 0 Å². The summed E-state index contributed by atoms with van der Waals surface area (Å²) in [4.78, 5) is 14.4. The van der Waals surface area contributed by atoms with Gasteiger partial charge in [0.25, 0.3) is 0 Å². The van der Waals surface area contributed by atoms with Gasteiger partial charge >= 0.3 is 0 Å². The normalized spacial score (nSPS) is 20.3. The molecule has 2 fully saturated rings. The Balaban J connectivity index is 1.53. The zero-order valence-electron chi connectivity index (χ0n) is 17.3. The molecule has 166 valence electrons. The fraction of sp³-hybridized carbons (Fsp3) is 0.381. The molecular weight excluding hydrogens is 438 g/mol. The van der Waals surface area contributed by atoms with Gasteiger partial charge in [0.15, 0.2) is 0 Å². The fourth-order valence-electron chi connectivity index (χ4n) is 3.97. The molecule has 8 nitrogen and oxygen atoms in total. The van der Waals surface area contributed by atoms with E-state index in [1.54, 1.807) is 13.0 Å². The highest BCUT2D eigenvalue weighted by Gasteiger charge is 2.37. The lowest BCUT2D eigenvalue weighted by molar-refractivity contribution is -0.116. The molecule has 0 aliphatic carbocycles. The first-order chi connectivity index (χ1) is 14.7. The first-order valence-electron chi connectivity index (χ1n) is 10.1. The summed E-state index contributed by atoms with van der Waals surface area (Å²) in [5, 5.41) is 0. The van der Waals surface area contributed by atoms with Crippen molar-refractivity contribution in [2.45, 2.75) is 24.8 Å². The first kappa shape index (κ1) is 21.9. The minimum absolute atomic E-state index is 0.0383. The number of carbonyl (C=O) groups excluding carboxylic acids is 1. The number of carbonyl (C=O) groups is 1. The molecule has 2 saturated heterocycles. The number of sulfonamides is 2. The summed E-state index contributed by atoms with van der Waals surface area (Å²) in [7, 11) is -7.58. The van der Waals surface area contributed by atoms with Crippen molar-refractivity contribution in [3.05, 3.63) is 59.7 Å². The van der Waals surface area contributed by atoms with Crippen molar-refractivity contribution in [3.8, 4) is 0 Å². The molecule has 0 N–H and O–H groups in total. The Morgan fingerprint density at radius 2 is 1.65 bits per heavy atom. The van der Waals surface area contributed by atoms with Gasteiger partial charge in [0.1, 0.15) is 0 Å². The van der Waals surface area contributed by atoms with E-state index in [-0.39, 0.29) is 22.8 Å². The summed E-state index contributed by atoms with van der Waals surface area (Å²) < 4.78 is 53.3. The third-order valence-electron chi connectivity index (χ3n) is 5.68. The number of rotatable bonds is 5. The van der Waals surface area contributed by atoms with Crippen molar-refractivity contribution in [2.75, 3.05) is 36.2 Å². The lowest BCUT2D eigenvalue weighted by atomic mass is 10.2. The van der Waals surface area contributed by atoms with Crippen LogP contribution >= 0.6 is 0 Å². The second-order valence-corrected chi connectivity index (χ2v) is 11.7. The van der Waals surface area contributed by atoms with E-state index >= 15 is 0 Å². The highest BCUT2D eigenvalue weighted by molar-refractivity contribution is 7.94. The summed E-state index contributed by atoms with van der Waals surface area (Å²) in [6, 6.07) is 14.4. The topological polar surface area (TPSA) is 95.1 Å². The molecule has 2 aliphatic rings. The molecule has 0 aromatic heterocycles. The predicted octanol–water partition coefficient (Wildman–Crippen LogP) is 1.57. The molecule has 2 aliphatic heterocycles. The zero-order valence-corrected chi connectivity index (χ0v) is 18.9. The molecule has 4 rings (SSSR count). The van der Waals surface area contributed by atoms with Gasteiger partial charge in [-0.15, -0.1) is 0 Å². The second-order valence-electron chi connectivity index (χ2n) is 7.84. The Morgan fingerprint density at radius 3 is 2.26 bits per heavy atom. The summed E-state index contributed by atoms with van der Waals surface area (Å²) in [5.74, 6) is -0.799. The first-order valence-corrected chi connectivity index (χ1v) is 13.2. The summed E-state index contributed by atoms with van der Waals surface area (Å²) in [6.07, 6.45) is -0.0956. The fourth-order valence-corrected chi connectivity index (χ4v) is 7.09. The van der Waals surface area contributed by atoms with Gasteiger partial charge in [-0.05, 0) is 30.2 Å². The van der Waals surface area contributed by atoms with Crippen molar-refractivity contribution in [2.24, 2.45) is 0 Å². The molecule has 0 bridgehead atoms. The molecule has 1 amide bonds. The molecule has 2 aromatic carbocycles. The van der Waals surface area contributed by atoms with E-state index in [0.717, 1.165) is 10.8 Å². The van der Waals surface area contributed by atoms with Crippen LogP contribution in [0.5, 0.6) is 0 Å². The lowest BCUT2D eigenvalue weighted by Crippen LogP contribution is -2.48. The average Bonchev–Trinajstić information content (AvgIpc) is 3.02. The van der Waals surface area contributed by atoms with E-state index < -0.39 is 26.0 Å². The molecule has 0 unspecified atom stereocenters. The number of amides is 1. The molecular formula is C21H25N3O5S2. The summed E-state index contributed by atoms with van der Waals surface area (Å²) >= 11 is 0. The number of nitrogens with zero attached hydrogens (tertiary/aromatic N) is 3. The highest BCUT2D eigenvalue weighted by Crippen LogP contribution is 2.30.